The van der Waals surface area contributed by atoms with Gasteiger partial charge in [-0.2, -0.15) is 5.10 Å². The van der Waals surface area contributed by atoms with E-state index in [1.807, 2.05) is 12.1 Å². The normalized spacial score (nSPS) is 12.2. The lowest BCUT2D eigenvalue weighted by molar-refractivity contribution is 0.208. The number of aliphatic hydroxyl groups is 1. The Morgan fingerprint density at radius 3 is 2.67 bits per heavy atom. The minimum atomic E-state index is -0.778. The maximum atomic E-state index is 14.1. The van der Waals surface area contributed by atoms with E-state index in [4.69, 9.17) is 11.6 Å². The van der Waals surface area contributed by atoms with Crippen molar-refractivity contribution in [3.05, 3.63) is 59.1 Å². The lowest BCUT2D eigenvalue weighted by Gasteiger charge is -2.14. The highest BCUT2D eigenvalue weighted by molar-refractivity contribution is 6.33. The van der Waals surface area contributed by atoms with Gasteiger partial charge in [0.15, 0.2) is 17.3 Å². The van der Waals surface area contributed by atoms with Crippen molar-refractivity contribution in [1.82, 2.24) is 20.2 Å². The van der Waals surface area contributed by atoms with Crippen LogP contribution in [0.4, 0.5) is 26.1 Å². The Labute approximate surface area is 175 Å². The van der Waals surface area contributed by atoms with Crippen LogP contribution in [0, 0.1) is 11.6 Å². The predicted molar refractivity (Wildman–Crippen MR) is 112 cm³/mol. The fourth-order valence-corrected chi connectivity index (χ4v) is 3.08. The SMILES string of the molecule is C[C@H](O)CNc1nc2c(-c3ccccc3Cl)n[nH]c2nc1Nc1ccc(F)cc1F. The van der Waals surface area contributed by atoms with Crippen molar-refractivity contribution >= 4 is 40.1 Å². The van der Waals surface area contributed by atoms with E-state index in [9.17, 15) is 13.9 Å². The summed E-state index contributed by atoms with van der Waals surface area (Å²) in [6.07, 6.45) is -0.662. The second kappa shape index (κ2) is 8.21. The van der Waals surface area contributed by atoms with Crippen LogP contribution in [0.2, 0.25) is 5.02 Å². The third-order valence-corrected chi connectivity index (χ3v) is 4.60. The summed E-state index contributed by atoms with van der Waals surface area (Å²) in [6, 6.07) is 10.3. The first-order valence-corrected chi connectivity index (χ1v) is 9.45. The fraction of sp³-hybridized carbons (Fsp3) is 0.150. The zero-order chi connectivity index (χ0) is 21.3. The Bertz CT molecular complexity index is 1210. The minimum absolute atomic E-state index is 0.0241. The molecule has 7 nitrogen and oxygen atoms in total. The Morgan fingerprint density at radius 2 is 1.93 bits per heavy atom. The molecule has 10 heteroatoms. The number of benzene rings is 2. The van der Waals surface area contributed by atoms with Crippen LogP contribution >= 0.6 is 11.6 Å². The molecule has 0 saturated carbocycles. The van der Waals surface area contributed by atoms with E-state index >= 15 is 0 Å². The molecule has 0 aliphatic heterocycles. The molecule has 30 heavy (non-hydrogen) atoms. The molecule has 0 aliphatic rings. The van der Waals surface area contributed by atoms with Crippen LogP contribution in [0.15, 0.2) is 42.5 Å². The van der Waals surface area contributed by atoms with Gasteiger partial charge in [0.1, 0.15) is 22.8 Å². The van der Waals surface area contributed by atoms with Gasteiger partial charge < -0.3 is 15.7 Å². The molecule has 0 bridgehead atoms. The second-order valence-corrected chi connectivity index (χ2v) is 7.06. The maximum absolute atomic E-state index is 14.1. The summed E-state index contributed by atoms with van der Waals surface area (Å²) < 4.78 is 27.3. The van der Waals surface area contributed by atoms with E-state index in [2.05, 4.69) is 30.8 Å². The van der Waals surface area contributed by atoms with E-state index in [0.29, 0.717) is 27.4 Å². The zero-order valence-corrected chi connectivity index (χ0v) is 16.5. The fourth-order valence-electron chi connectivity index (χ4n) is 2.85. The third-order valence-electron chi connectivity index (χ3n) is 4.27. The first-order valence-electron chi connectivity index (χ1n) is 9.07. The maximum Gasteiger partial charge on any atom is 0.177 e. The molecular weight excluding hydrogens is 414 g/mol. The van der Waals surface area contributed by atoms with Crippen LogP contribution < -0.4 is 10.6 Å². The number of aromatic amines is 1. The number of nitrogens with one attached hydrogen (secondary N) is 3. The summed E-state index contributed by atoms with van der Waals surface area (Å²) in [7, 11) is 0. The number of hydrogen-bond donors (Lipinski definition) is 4. The van der Waals surface area contributed by atoms with Crippen LogP contribution in [0.5, 0.6) is 0 Å². The van der Waals surface area contributed by atoms with Gasteiger partial charge >= 0.3 is 0 Å². The monoisotopic (exact) mass is 430 g/mol. The summed E-state index contributed by atoms with van der Waals surface area (Å²) in [6.45, 7) is 1.79. The Balaban J connectivity index is 1.81. The molecule has 4 aromatic rings. The number of aromatic nitrogens is 4. The lowest BCUT2D eigenvalue weighted by Crippen LogP contribution is -2.17. The Hall–Kier alpha value is -3.30. The van der Waals surface area contributed by atoms with Gasteiger partial charge in [-0.1, -0.05) is 29.8 Å². The van der Waals surface area contributed by atoms with E-state index < -0.39 is 17.7 Å². The van der Waals surface area contributed by atoms with Crippen molar-refractivity contribution in [3.8, 4) is 11.3 Å². The van der Waals surface area contributed by atoms with Crippen molar-refractivity contribution in [2.45, 2.75) is 13.0 Å². The first kappa shape index (κ1) is 20.0. The standard InChI is InChI=1S/C20H17ClF2N6O/c1-10(30)9-24-19-20(25-15-7-6-11(22)8-14(15)23)27-18-17(26-19)16(28-29-18)12-4-2-3-5-13(12)21/h2-8,10,30H,9H2,1H3,(H,24,26)(H2,25,27,28,29)/t10-/m0/s1. The second-order valence-electron chi connectivity index (χ2n) is 6.65. The van der Waals surface area contributed by atoms with E-state index in [1.54, 1.807) is 19.1 Å². The van der Waals surface area contributed by atoms with Gasteiger partial charge in [0, 0.05) is 18.2 Å². The molecule has 154 valence electrons. The van der Waals surface area contributed by atoms with Gasteiger partial charge in [-0.05, 0) is 25.1 Å². The summed E-state index contributed by atoms with van der Waals surface area (Å²) in [5, 5.41) is 23.0. The molecule has 1 atom stereocenters. The van der Waals surface area contributed by atoms with E-state index in [0.717, 1.165) is 12.1 Å². The number of hydrogen-bond acceptors (Lipinski definition) is 6. The predicted octanol–water partition coefficient (Wildman–Crippen LogP) is 4.49. The summed E-state index contributed by atoms with van der Waals surface area (Å²) >= 11 is 6.29. The quantitative estimate of drug-likeness (QED) is 0.360. The number of halogens is 3. The number of anilines is 3. The summed E-state index contributed by atoms with van der Waals surface area (Å²) in [5.41, 5.74) is 1.99. The number of fused-ring (bicyclic) bond motifs is 1. The topological polar surface area (TPSA) is 98.8 Å². The van der Waals surface area contributed by atoms with Crippen LogP contribution in [-0.4, -0.2) is 37.9 Å². The van der Waals surface area contributed by atoms with Gasteiger partial charge in [0.2, 0.25) is 0 Å². The highest BCUT2D eigenvalue weighted by atomic mass is 35.5. The largest absolute Gasteiger partial charge is 0.392 e. The number of nitrogens with zero attached hydrogens (tertiary/aromatic N) is 3. The molecule has 0 radical (unpaired) electrons. The average Bonchev–Trinajstić information content (AvgIpc) is 3.11. The van der Waals surface area contributed by atoms with Crippen molar-refractivity contribution in [2.75, 3.05) is 17.2 Å². The van der Waals surface area contributed by atoms with E-state index in [-0.39, 0.29) is 23.9 Å². The molecule has 0 spiro atoms. The van der Waals surface area contributed by atoms with Crippen molar-refractivity contribution in [2.24, 2.45) is 0 Å². The van der Waals surface area contributed by atoms with Gasteiger partial charge in [-0.3, -0.25) is 5.10 Å². The molecule has 4 N–H and O–H groups in total. The molecule has 0 amide bonds. The molecule has 2 aromatic heterocycles. The first-order chi connectivity index (χ1) is 14.4. The Kier molecular flexibility index (Phi) is 5.47. The van der Waals surface area contributed by atoms with Gasteiger partial charge in [-0.25, -0.2) is 18.7 Å². The summed E-state index contributed by atoms with van der Waals surface area (Å²) in [4.78, 5) is 9.02. The van der Waals surface area contributed by atoms with Crippen molar-refractivity contribution in [3.63, 3.8) is 0 Å². The molecule has 0 saturated heterocycles. The van der Waals surface area contributed by atoms with E-state index in [1.165, 1.54) is 6.07 Å². The molecule has 2 heterocycles. The lowest BCUT2D eigenvalue weighted by atomic mass is 10.1. The molecule has 4 rings (SSSR count). The number of rotatable bonds is 6. The highest BCUT2D eigenvalue weighted by Gasteiger charge is 2.18. The average molecular weight is 431 g/mol. The van der Waals surface area contributed by atoms with Crippen LogP contribution in [-0.2, 0) is 0 Å². The van der Waals surface area contributed by atoms with Gasteiger partial charge in [0.25, 0.3) is 0 Å². The minimum Gasteiger partial charge on any atom is -0.392 e. The van der Waals surface area contributed by atoms with Crippen molar-refractivity contribution in [1.29, 1.82) is 0 Å². The molecule has 0 aliphatic carbocycles. The Morgan fingerprint density at radius 1 is 1.13 bits per heavy atom. The van der Waals surface area contributed by atoms with Gasteiger partial charge in [-0.15, -0.1) is 0 Å². The zero-order valence-electron chi connectivity index (χ0n) is 15.7. The number of H-pyrrole nitrogens is 1. The smallest absolute Gasteiger partial charge is 0.177 e. The highest BCUT2D eigenvalue weighted by Crippen LogP contribution is 2.33. The van der Waals surface area contributed by atoms with Crippen LogP contribution in [0.1, 0.15) is 6.92 Å². The molecule has 2 aromatic carbocycles. The molecule has 0 fully saturated rings. The van der Waals surface area contributed by atoms with Crippen molar-refractivity contribution < 1.29 is 13.9 Å². The molecule has 0 unspecified atom stereocenters. The summed E-state index contributed by atoms with van der Waals surface area (Å²) in [5.74, 6) is -1.02. The van der Waals surface area contributed by atoms with Crippen LogP contribution in [0.3, 0.4) is 0 Å². The van der Waals surface area contributed by atoms with Gasteiger partial charge in [0.05, 0.1) is 16.8 Å². The van der Waals surface area contributed by atoms with Crippen LogP contribution in [0.25, 0.3) is 22.4 Å². The third kappa shape index (κ3) is 4.03. The molecular formula is C20H17ClF2N6O. The number of aliphatic hydroxyl groups excluding tert-OH is 1.